The Bertz CT molecular complexity index is 974. The number of nitrogens with zero attached hydrogens (tertiary/aromatic N) is 4. The van der Waals surface area contributed by atoms with Gasteiger partial charge in [-0.2, -0.15) is 5.10 Å². The standard InChI is InChI=1S/C23H32N4O5/c1-5-31-20(29)19-18-15-10-14(15)11-16(18)27(24-19)12-17(28)26-9-8-25(13-23(26)6-7-23)21(30)32-22(2,3)4/h14-15H,5-13H2,1-4H3/t14?,15-/m1/s1. The molecular formula is C23H32N4O5. The van der Waals surface area contributed by atoms with Gasteiger partial charge in [0.2, 0.25) is 5.91 Å². The van der Waals surface area contributed by atoms with Crippen molar-refractivity contribution >= 4 is 18.0 Å². The number of hydrogen-bond donors (Lipinski definition) is 0. The fraction of sp³-hybridized carbons (Fsp3) is 0.739. The van der Waals surface area contributed by atoms with Crippen LogP contribution in [0.2, 0.25) is 0 Å². The highest BCUT2D eigenvalue weighted by Gasteiger charge is 2.55. The quantitative estimate of drug-likeness (QED) is 0.662. The van der Waals surface area contributed by atoms with Crippen molar-refractivity contribution in [3.8, 4) is 0 Å². The summed E-state index contributed by atoms with van der Waals surface area (Å²) in [4.78, 5) is 41.9. The number of esters is 1. The second-order valence-electron chi connectivity index (χ2n) is 10.6. The predicted octanol–water partition coefficient (Wildman–Crippen LogP) is 2.33. The van der Waals surface area contributed by atoms with Gasteiger partial charge in [0.25, 0.3) is 0 Å². The van der Waals surface area contributed by atoms with Crippen LogP contribution in [-0.4, -0.2) is 74.9 Å². The molecule has 2 saturated carbocycles. The fourth-order valence-corrected chi connectivity index (χ4v) is 5.31. The van der Waals surface area contributed by atoms with Gasteiger partial charge < -0.3 is 19.3 Å². The van der Waals surface area contributed by atoms with Crippen molar-refractivity contribution in [3.63, 3.8) is 0 Å². The Balaban J connectivity index is 1.30. The highest BCUT2D eigenvalue weighted by Crippen LogP contribution is 2.57. The van der Waals surface area contributed by atoms with Crippen LogP contribution in [0.4, 0.5) is 4.79 Å². The summed E-state index contributed by atoms with van der Waals surface area (Å²) < 4.78 is 12.5. The molecule has 0 N–H and O–H groups in total. The summed E-state index contributed by atoms with van der Waals surface area (Å²) in [5.74, 6) is 0.560. The van der Waals surface area contributed by atoms with Gasteiger partial charge in [-0.3, -0.25) is 9.48 Å². The first-order valence-electron chi connectivity index (χ1n) is 11.7. The van der Waals surface area contributed by atoms with E-state index in [-0.39, 0.29) is 24.1 Å². The summed E-state index contributed by atoms with van der Waals surface area (Å²) in [6.45, 7) is 9.22. The first kappa shape index (κ1) is 21.3. The molecule has 1 aliphatic heterocycles. The number of amides is 2. The minimum absolute atomic E-state index is 0.00683. The monoisotopic (exact) mass is 444 g/mol. The van der Waals surface area contributed by atoms with E-state index in [1.807, 2.05) is 25.7 Å². The van der Waals surface area contributed by atoms with Crippen molar-refractivity contribution in [1.82, 2.24) is 19.6 Å². The van der Waals surface area contributed by atoms with Crippen molar-refractivity contribution < 1.29 is 23.9 Å². The van der Waals surface area contributed by atoms with Crippen LogP contribution in [0.15, 0.2) is 0 Å². The molecule has 3 aliphatic carbocycles. The number of aromatic nitrogens is 2. The Morgan fingerprint density at radius 3 is 2.59 bits per heavy atom. The van der Waals surface area contributed by atoms with Crippen molar-refractivity contribution in [3.05, 3.63) is 17.0 Å². The molecule has 0 bridgehead atoms. The maximum absolute atomic E-state index is 13.3. The summed E-state index contributed by atoms with van der Waals surface area (Å²) in [6, 6.07) is 0. The molecule has 32 heavy (non-hydrogen) atoms. The van der Waals surface area contributed by atoms with Crippen LogP contribution in [0, 0.1) is 5.92 Å². The van der Waals surface area contributed by atoms with Crippen LogP contribution in [0.1, 0.15) is 74.6 Å². The fourth-order valence-electron chi connectivity index (χ4n) is 5.31. The zero-order valence-electron chi connectivity index (χ0n) is 19.3. The molecule has 4 aliphatic rings. The van der Waals surface area contributed by atoms with E-state index in [4.69, 9.17) is 9.47 Å². The summed E-state index contributed by atoms with van der Waals surface area (Å²) in [7, 11) is 0. The molecule has 0 radical (unpaired) electrons. The summed E-state index contributed by atoms with van der Waals surface area (Å²) >= 11 is 0. The molecule has 2 atom stereocenters. The Labute approximate surface area is 188 Å². The van der Waals surface area contributed by atoms with Crippen molar-refractivity contribution in [2.24, 2.45) is 5.92 Å². The van der Waals surface area contributed by atoms with Gasteiger partial charge in [-0.1, -0.05) is 0 Å². The molecule has 9 heteroatoms. The largest absolute Gasteiger partial charge is 0.461 e. The minimum atomic E-state index is -0.543. The van der Waals surface area contributed by atoms with Gasteiger partial charge in [0.05, 0.1) is 12.1 Å². The lowest BCUT2D eigenvalue weighted by Crippen LogP contribution is -2.59. The number of rotatable bonds is 4. The number of carbonyl (C=O) groups excluding carboxylic acids is 3. The smallest absolute Gasteiger partial charge is 0.410 e. The molecule has 2 heterocycles. The molecule has 5 rings (SSSR count). The molecule has 1 unspecified atom stereocenters. The van der Waals surface area contributed by atoms with E-state index in [2.05, 4.69) is 5.10 Å². The van der Waals surface area contributed by atoms with Crippen molar-refractivity contribution in [2.45, 2.75) is 77.0 Å². The molecule has 2 amide bonds. The van der Waals surface area contributed by atoms with E-state index >= 15 is 0 Å². The molecule has 9 nitrogen and oxygen atoms in total. The summed E-state index contributed by atoms with van der Waals surface area (Å²) in [6.07, 6.45) is 3.41. The third-order valence-corrected chi connectivity index (χ3v) is 7.03. The first-order chi connectivity index (χ1) is 15.1. The lowest BCUT2D eigenvalue weighted by molar-refractivity contribution is -0.138. The van der Waals surface area contributed by atoms with E-state index in [9.17, 15) is 14.4 Å². The Hall–Kier alpha value is -2.58. The van der Waals surface area contributed by atoms with Crippen LogP contribution in [0.5, 0.6) is 0 Å². The van der Waals surface area contributed by atoms with Gasteiger partial charge in [-0.25, -0.2) is 9.59 Å². The van der Waals surface area contributed by atoms with E-state index in [1.54, 1.807) is 16.5 Å². The Morgan fingerprint density at radius 1 is 1.19 bits per heavy atom. The van der Waals surface area contributed by atoms with Crippen LogP contribution in [0.3, 0.4) is 0 Å². The number of fused-ring (bicyclic) bond motifs is 3. The van der Waals surface area contributed by atoms with Crippen molar-refractivity contribution in [2.75, 3.05) is 26.2 Å². The average molecular weight is 445 g/mol. The average Bonchev–Trinajstić information content (AvgIpc) is 3.58. The van der Waals surface area contributed by atoms with Crippen LogP contribution >= 0.6 is 0 Å². The third kappa shape index (κ3) is 3.65. The van der Waals surface area contributed by atoms with E-state index < -0.39 is 11.6 Å². The van der Waals surface area contributed by atoms with Gasteiger partial charge >= 0.3 is 12.1 Å². The molecular weight excluding hydrogens is 412 g/mol. The Morgan fingerprint density at radius 2 is 1.94 bits per heavy atom. The topological polar surface area (TPSA) is 94.0 Å². The van der Waals surface area contributed by atoms with Gasteiger partial charge in [0, 0.05) is 30.9 Å². The number of ether oxygens (including phenoxy) is 2. The zero-order valence-corrected chi connectivity index (χ0v) is 19.3. The number of hydrogen-bond acceptors (Lipinski definition) is 6. The highest BCUT2D eigenvalue weighted by molar-refractivity contribution is 5.90. The molecule has 0 aromatic carbocycles. The molecule has 1 aromatic rings. The third-order valence-electron chi connectivity index (χ3n) is 7.03. The van der Waals surface area contributed by atoms with Gasteiger partial charge in [0.1, 0.15) is 12.1 Å². The molecule has 1 saturated heterocycles. The molecule has 1 spiro atoms. The number of carbonyl (C=O) groups is 3. The van der Waals surface area contributed by atoms with Gasteiger partial charge in [-0.05, 0) is 65.2 Å². The molecule has 1 aromatic heterocycles. The van der Waals surface area contributed by atoms with E-state index in [1.165, 1.54) is 0 Å². The number of piperazine rings is 1. The molecule has 3 fully saturated rings. The van der Waals surface area contributed by atoms with Gasteiger partial charge in [-0.15, -0.1) is 0 Å². The van der Waals surface area contributed by atoms with Gasteiger partial charge in [0.15, 0.2) is 5.69 Å². The second kappa shape index (κ2) is 7.22. The lowest BCUT2D eigenvalue weighted by Gasteiger charge is -2.42. The SMILES string of the molecule is CCOC(=O)c1nn(CC(=O)N2CCN(C(=O)OC(C)(C)C)CC23CC3)c2c1[C@@H]1CC1C2. The highest BCUT2D eigenvalue weighted by atomic mass is 16.6. The second-order valence-corrected chi connectivity index (χ2v) is 10.6. The van der Waals surface area contributed by atoms with E-state index in [0.29, 0.717) is 43.8 Å². The minimum Gasteiger partial charge on any atom is -0.461 e. The molecule has 174 valence electrons. The van der Waals surface area contributed by atoms with Crippen LogP contribution in [0.25, 0.3) is 0 Å². The lowest BCUT2D eigenvalue weighted by atomic mass is 10.1. The normalized spacial score (nSPS) is 24.8. The van der Waals surface area contributed by atoms with Crippen molar-refractivity contribution in [1.29, 1.82) is 0 Å². The summed E-state index contributed by atoms with van der Waals surface area (Å²) in [5, 5.41) is 4.52. The first-order valence-corrected chi connectivity index (χ1v) is 11.7. The maximum Gasteiger partial charge on any atom is 0.410 e. The van der Waals surface area contributed by atoms with Crippen LogP contribution < -0.4 is 0 Å². The predicted molar refractivity (Wildman–Crippen MR) is 114 cm³/mol. The van der Waals surface area contributed by atoms with E-state index in [0.717, 1.165) is 36.9 Å². The zero-order chi connectivity index (χ0) is 22.8. The summed E-state index contributed by atoms with van der Waals surface area (Å²) in [5.41, 5.74) is 1.56. The Kier molecular flexibility index (Phi) is 4.80. The maximum atomic E-state index is 13.3. The van der Waals surface area contributed by atoms with Crippen LogP contribution in [-0.2, 0) is 27.2 Å².